The quantitative estimate of drug-likeness (QED) is 0.454. The summed E-state index contributed by atoms with van der Waals surface area (Å²) >= 11 is 0. The molecule has 1 aliphatic heterocycles. The molecule has 20 heavy (non-hydrogen) atoms. The van der Waals surface area contributed by atoms with Crippen LogP contribution in [0.2, 0.25) is 0 Å². The van der Waals surface area contributed by atoms with Crippen molar-refractivity contribution < 1.29 is 30.6 Å². The molecule has 0 amide bonds. The monoisotopic (exact) mass is 321 g/mol. The molecule has 0 aromatic carbocycles. The first kappa shape index (κ1) is 19.6. The molecule has 1 rings (SSSR count). The molecule has 0 radical (unpaired) electrons. The van der Waals surface area contributed by atoms with Gasteiger partial charge in [-0.2, -0.15) is 13.2 Å². The van der Waals surface area contributed by atoms with Crippen LogP contribution in [0.3, 0.4) is 0 Å². The Morgan fingerprint density at radius 2 is 1.80 bits per heavy atom. The summed E-state index contributed by atoms with van der Waals surface area (Å²) in [6.45, 7) is 7.81. The van der Waals surface area contributed by atoms with E-state index in [1.807, 2.05) is 0 Å². The van der Waals surface area contributed by atoms with Gasteiger partial charge in [-0.15, -0.1) is 0 Å². The molecule has 2 unspecified atom stereocenters. The van der Waals surface area contributed by atoms with E-state index in [-0.39, 0.29) is 5.79 Å². The maximum Gasteiger partial charge on any atom is 0.485 e. The molecule has 0 aromatic heterocycles. The molecule has 1 heterocycles. The summed E-state index contributed by atoms with van der Waals surface area (Å²) in [4.78, 5) is 2.29. The number of nitrogens with two attached hydrogens (primary N) is 1. The molecule has 122 valence electrons. The van der Waals surface area contributed by atoms with Gasteiger partial charge in [0.15, 0.2) is 10.1 Å². The average Bonchev–Trinajstić information content (AvgIpc) is 2.53. The van der Waals surface area contributed by atoms with E-state index in [2.05, 4.69) is 32.8 Å². The summed E-state index contributed by atoms with van der Waals surface area (Å²) in [7, 11) is -1.71. The van der Waals surface area contributed by atoms with Crippen LogP contribution >= 0.6 is 0 Å². The van der Waals surface area contributed by atoms with E-state index in [4.69, 9.17) is 18.7 Å². The largest absolute Gasteiger partial charge is 0.741 e. The molecule has 0 aromatic rings. The van der Waals surface area contributed by atoms with Crippen molar-refractivity contribution in [2.24, 2.45) is 5.73 Å². The number of quaternary nitrogens is 1. The van der Waals surface area contributed by atoms with Crippen molar-refractivity contribution in [3.63, 3.8) is 0 Å². The van der Waals surface area contributed by atoms with Crippen LogP contribution in [0, 0.1) is 0 Å². The fraction of sp³-hybridized carbons (Fsp3) is 1.00. The molecule has 0 bridgehead atoms. The van der Waals surface area contributed by atoms with Gasteiger partial charge in [-0.1, -0.05) is 6.92 Å². The fourth-order valence-electron chi connectivity index (χ4n) is 2.25. The molecule has 2 atom stereocenters. The van der Waals surface area contributed by atoms with Gasteiger partial charge in [0.05, 0.1) is 26.7 Å². The van der Waals surface area contributed by atoms with Crippen LogP contribution in [0.5, 0.6) is 0 Å². The zero-order chi connectivity index (χ0) is 16.4. The van der Waals surface area contributed by atoms with Crippen molar-refractivity contribution in [3.05, 3.63) is 0 Å². The Balaban J connectivity index is 0.000000396. The van der Waals surface area contributed by atoms with Gasteiger partial charge in [-0.3, -0.25) is 10.2 Å². The van der Waals surface area contributed by atoms with Crippen LogP contribution in [-0.2, 0) is 10.1 Å². The molecular formula is C10H22F3N3O3S. The molecule has 2 N–H and O–H groups in total. The van der Waals surface area contributed by atoms with Gasteiger partial charge >= 0.3 is 5.51 Å². The van der Waals surface area contributed by atoms with Gasteiger partial charge in [0.25, 0.3) is 0 Å². The van der Waals surface area contributed by atoms with Gasteiger partial charge in [0.2, 0.25) is 5.79 Å². The Morgan fingerprint density at radius 3 is 2.00 bits per heavy atom. The number of rotatable bonds is 2. The van der Waals surface area contributed by atoms with E-state index in [9.17, 15) is 13.2 Å². The Bertz CT molecular complexity index is 429. The lowest BCUT2D eigenvalue weighted by Gasteiger charge is -2.44. The van der Waals surface area contributed by atoms with Gasteiger partial charge < -0.3 is 4.55 Å². The van der Waals surface area contributed by atoms with Crippen LogP contribution in [0.4, 0.5) is 13.2 Å². The van der Waals surface area contributed by atoms with Crippen LogP contribution in [0.25, 0.3) is 0 Å². The molecule has 1 aliphatic rings. The number of nitrogens with zero attached hydrogens (tertiary/aromatic N) is 2. The minimum Gasteiger partial charge on any atom is -0.741 e. The maximum atomic E-state index is 10.7. The zero-order valence-electron chi connectivity index (χ0n) is 12.1. The van der Waals surface area contributed by atoms with Crippen LogP contribution < -0.4 is 5.73 Å². The third-order valence-electron chi connectivity index (χ3n) is 4.03. The van der Waals surface area contributed by atoms with Crippen LogP contribution in [-0.4, -0.2) is 67.4 Å². The second-order valence-corrected chi connectivity index (χ2v) is 6.36. The third-order valence-corrected chi connectivity index (χ3v) is 4.59. The second-order valence-electron chi connectivity index (χ2n) is 4.99. The zero-order valence-corrected chi connectivity index (χ0v) is 12.9. The molecule has 0 aliphatic carbocycles. The highest BCUT2D eigenvalue weighted by molar-refractivity contribution is 7.86. The lowest BCUT2D eigenvalue weighted by Crippen LogP contribution is -2.68. The maximum absolute atomic E-state index is 10.7. The molecule has 0 saturated carbocycles. The van der Waals surface area contributed by atoms with Gasteiger partial charge in [0.1, 0.15) is 0 Å². The molecule has 0 spiro atoms. The Kier molecular flexibility index (Phi) is 6.01. The molecule has 10 heteroatoms. The summed E-state index contributed by atoms with van der Waals surface area (Å²) < 4.78 is 59.9. The van der Waals surface area contributed by atoms with E-state index in [1.54, 1.807) is 0 Å². The van der Waals surface area contributed by atoms with Gasteiger partial charge in [-0.05, 0) is 14.0 Å². The standard InChI is InChI=1S/C9H22N3.CHF3O3S/c1-5-9(10)11(3)7-8-12(9,4)6-2;2-1(3,4)8(5,6)7/h5-8,10H2,1-4H3;(H,5,6,7)/q+1;/p-1. The minimum atomic E-state index is -6.09. The summed E-state index contributed by atoms with van der Waals surface area (Å²) in [5.74, 6) is -0.130. The highest BCUT2D eigenvalue weighted by Crippen LogP contribution is 2.29. The summed E-state index contributed by atoms with van der Waals surface area (Å²) in [5, 5.41) is 0. The van der Waals surface area contributed by atoms with E-state index in [1.165, 1.54) is 6.54 Å². The van der Waals surface area contributed by atoms with Crippen molar-refractivity contribution in [1.29, 1.82) is 0 Å². The van der Waals surface area contributed by atoms with Gasteiger partial charge in [-0.25, -0.2) is 13.3 Å². The summed E-state index contributed by atoms with van der Waals surface area (Å²) in [6.07, 6.45) is 1.02. The smallest absolute Gasteiger partial charge is 0.485 e. The SMILES string of the molecule is CCC1(N)N(C)CC[N+]1(C)CC.O=S(=O)([O-])C(F)(F)F. The van der Waals surface area contributed by atoms with E-state index in [0.29, 0.717) is 0 Å². The topological polar surface area (TPSA) is 86.5 Å². The van der Waals surface area contributed by atoms with Crippen molar-refractivity contribution in [2.75, 3.05) is 33.7 Å². The molecular weight excluding hydrogens is 299 g/mol. The first-order valence-corrected chi connectivity index (χ1v) is 7.53. The highest BCUT2D eigenvalue weighted by Gasteiger charge is 2.51. The third kappa shape index (κ3) is 3.82. The normalized spacial score (nSPS) is 31.9. The van der Waals surface area contributed by atoms with Crippen molar-refractivity contribution in [2.45, 2.75) is 31.6 Å². The van der Waals surface area contributed by atoms with Crippen LogP contribution in [0.15, 0.2) is 0 Å². The lowest BCUT2D eigenvalue weighted by molar-refractivity contribution is -0.952. The number of alkyl halides is 3. The number of hydrogen-bond donors (Lipinski definition) is 1. The Hall–Kier alpha value is -0.420. The van der Waals surface area contributed by atoms with E-state index < -0.39 is 15.6 Å². The van der Waals surface area contributed by atoms with Crippen molar-refractivity contribution in [1.82, 2.24) is 4.90 Å². The first-order valence-electron chi connectivity index (χ1n) is 6.12. The molecule has 1 saturated heterocycles. The number of hydrogen-bond acceptors (Lipinski definition) is 5. The van der Waals surface area contributed by atoms with Gasteiger partial charge in [0, 0.05) is 6.42 Å². The highest BCUT2D eigenvalue weighted by atomic mass is 32.2. The van der Waals surface area contributed by atoms with Crippen molar-refractivity contribution in [3.8, 4) is 0 Å². The Morgan fingerprint density at radius 1 is 1.40 bits per heavy atom. The second kappa shape index (κ2) is 6.14. The lowest BCUT2D eigenvalue weighted by atomic mass is 10.2. The predicted molar refractivity (Wildman–Crippen MR) is 67.2 cm³/mol. The summed E-state index contributed by atoms with van der Waals surface area (Å²) in [6, 6.07) is 0. The number of likely N-dealkylation sites (N-methyl/N-ethyl adjacent to an activating group) is 2. The average molecular weight is 321 g/mol. The van der Waals surface area contributed by atoms with Crippen molar-refractivity contribution >= 4 is 10.1 Å². The Labute approximate surface area is 117 Å². The molecule has 6 nitrogen and oxygen atoms in total. The number of halogens is 3. The predicted octanol–water partition coefficient (Wildman–Crippen LogP) is 0.472. The van der Waals surface area contributed by atoms with E-state index >= 15 is 0 Å². The first-order chi connectivity index (χ1) is 8.75. The fourth-order valence-corrected chi connectivity index (χ4v) is 2.25. The molecule has 1 fully saturated rings. The minimum absolute atomic E-state index is 0.130. The summed E-state index contributed by atoms with van der Waals surface area (Å²) in [5.41, 5.74) is 0.743. The van der Waals surface area contributed by atoms with E-state index in [0.717, 1.165) is 24.0 Å². The van der Waals surface area contributed by atoms with Crippen LogP contribution in [0.1, 0.15) is 20.3 Å².